The van der Waals surface area contributed by atoms with Gasteiger partial charge >= 0.3 is 0 Å². The van der Waals surface area contributed by atoms with Crippen LogP contribution in [0.25, 0.3) is 0 Å². The first-order valence-electron chi connectivity index (χ1n) is 6.78. The van der Waals surface area contributed by atoms with Gasteiger partial charge in [0.1, 0.15) is 5.75 Å². The highest BCUT2D eigenvalue weighted by atomic mass is 32.2. The second-order valence-electron chi connectivity index (χ2n) is 5.20. The molecule has 0 spiro atoms. The Bertz CT molecular complexity index is 628. The molecule has 2 N–H and O–H groups in total. The quantitative estimate of drug-likeness (QED) is 0.837. The molecule has 1 fully saturated rings. The van der Waals surface area contributed by atoms with Crippen LogP contribution in [0, 0.1) is 6.92 Å². The molecule has 1 aromatic rings. The van der Waals surface area contributed by atoms with Gasteiger partial charge in [-0.3, -0.25) is 4.79 Å². The number of anilines is 1. The average molecular weight is 312 g/mol. The van der Waals surface area contributed by atoms with Gasteiger partial charge in [0.2, 0.25) is 5.91 Å². The van der Waals surface area contributed by atoms with Crippen molar-refractivity contribution in [3.63, 3.8) is 0 Å². The number of ether oxygens (including phenoxy) is 1. The van der Waals surface area contributed by atoms with Crippen LogP contribution in [0.15, 0.2) is 18.2 Å². The van der Waals surface area contributed by atoms with Crippen molar-refractivity contribution in [3.8, 4) is 5.75 Å². The van der Waals surface area contributed by atoms with Gasteiger partial charge in [-0.25, -0.2) is 8.42 Å². The number of carbonyl (C=O) groups is 1. The number of rotatable bonds is 5. The highest BCUT2D eigenvalue weighted by Crippen LogP contribution is 2.20. The summed E-state index contributed by atoms with van der Waals surface area (Å²) in [4.78, 5) is 11.8. The smallest absolute Gasteiger partial charge is 0.239 e. The van der Waals surface area contributed by atoms with Gasteiger partial charge in [-0.1, -0.05) is 0 Å². The first-order chi connectivity index (χ1) is 9.89. The SMILES string of the molecule is COc1ccc(NCC(=O)NC2CCS(=O)(=O)C2)c(C)c1. The largest absolute Gasteiger partial charge is 0.497 e. The van der Waals surface area contributed by atoms with Crippen molar-refractivity contribution in [2.45, 2.75) is 19.4 Å². The molecule has 116 valence electrons. The lowest BCUT2D eigenvalue weighted by Gasteiger charge is -2.13. The molecule has 1 aromatic carbocycles. The van der Waals surface area contributed by atoms with Gasteiger partial charge in [0.15, 0.2) is 9.84 Å². The fraction of sp³-hybridized carbons (Fsp3) is 0.500. The zero-order valence-electron chi connectivity index (χ0n) is 12.2. The van der Waals surface area contributed by atoms with Crippen molar-refractivity contribution in [1.29, 1.82) is 0 Å². The Morgan fingerprint density at radius 1 is 1.43 bits per heavy atom. The van der Waals surface area contributed by atoms with E-state index < -0.39 is 9.84 Å². The van der Waals surface area contributed by atoms with E-state index in [0.29, 0.717) is 6.42 Å². The third-order valence-electron chi connectivity index (χ3n) is 3.47. The maximum atomic E-state index is 11.8. The Labute approximate surface area is 124 Å². The standard InChI is InChI=1S/C14H20N2O4S/c1-10-7-12(20-2)3-4-13(10)15-8-14(17)16-11-5-6-21(18,19)9-11/h3-4,7,11,15H,5-6,8-9H2,1-2H3,(H,16,17). The average Bonchev–Trinajstić information content (AvgIpc) is 2.76. The van der Waals surface area contributed by atoms with E-state index in [-0.39, 0.29) is 30.0 Å². The van der Waals surface area contributed by atoms with Crippen LogP contribution in [-0.2, 0) is 14.6 Å². The minimum Gasteiger partial charge on any atom is -0.497 e. The van der Waals surface area contributed by atoms with Crippen LogP contribution >= 0.6 is 0 Å². The van der Waals surface area contributed by atoms with E-state index in [4.69, 9.17) is 4.74 Å². The first kappa shape index (κ1) is 15.6. The Morgan fingerprint density at radius 2 is 2.19 bits per heavy atom. The lowest BCUT2D eigenvalue weighted by atomic mass is 10.2. The van der Waals surface area contributed by atoms with E-state index in [2.05, 4.69) is 10.6 Å². The van der Waals surface area contributed by atoms with Gasteiger partial charge in [0.25, 0.3) is 0 Å². The highest BCUT2D eigenvalue weighted by molar-refractivity contribution is 7.91. The summed E-state index contributed by atoms with van der Waals surface area (Å²) >= 11 is 0. The van der Waals surface area contributed by atoms with Crippen molar-refractivity contribution in [3.05, 3.63) is 23.8 Å². The molecule has 1 saturated heterocycles. The Balaban J connectivity index is 1.84. The molecule has 1 aliphatic heterocycles. The van der Waals surface area contributed by atoms with Gasteiger partial charge in [-0.2, -0.15) is 0 Å². The van der Waals surface area contributed by atoms with Crippen LogP contribution in [0.1, 0.15) is 12.0 Å². The summed E-state index contributed by atoms with van der Waals surface area (Å²) in [7, 11) is -1.37. The van der Waals surface area contributed by atoms with E-state index >= 15 is 0 Å². The van der Waals surface area contributed by atoms with Crippen LogP contribution in [-0.4, -0.2) is 45.5 Å². The molecular formula is C14H20N2O4S. The molecule has 1 atom stereocenters. The lowest BCUT2D eigenvalue weighted by molar-refractivity contribution is -0.119. The van der Waals surface area contributed by atoms with Crippen LogP contribution < -0.4 is 15.4 Å². The molecule has 7 heteroatoms. The maximum absolute atomic E-state index is 11.8. The van der Waals surface area contributed by atoms with Gasteiger partial charge in [0, 0.05) is 11.7 Å². The number of benzene rings is 1. The zero-order valence-corrected chi connectivity index (χ0v) is 13.0. The van der Waals surface area contributed by atoms with E-state index in [0.717, 1.165) is 17.0 Å². The summed E-state index contributed by atoms with van der Waals surface area (Å²) in [5.41, 5.74) is 1.83. The van der Waals surface area contributed by atoms with Gasteiger partial charge in [-0.15, -0.1) is 0 Å². The molecule has 2 rings (SSSR count). The topological polar surface area (TPSA) is 84.5 Å². The normalized spacial score (nSPS) is 20.0. The second-order valence-corrected chi connectivity index (χ2v) is 7.43. The van der Waals surface area contributed by atoms with Crippen LogP contribution in [0.3, 0.4) is 0 Å². The minimum atomic E-state index is -2.97. The van der Waals surface area contributed by atoms with Gasteiger partial charge in [0.05, 0.1) is 25.2 Å². The van der Waals surface area contributed by atoms with Gasteiger partial charge < -0.3 is 15.4 Å². The number of sulfone groups is 1. The van der Waals surface area contributed by atoms with Gasteiger partial charge in [-0.05, 0) is 37.1 Å². The Hall–Kier alpha value is -1.76. The summed E-state index contributed by atoms with van der Waals surface area (Å²) in [6, 6.07) is 5.28. The summed E-state index contributed by atoms with van der Waals surface area (Å²) in [5.74, 6) is 0.759. The summed E-state index contributed by atoms with van der Waals surface area (Å²) in [6.45, 7) is 2.04. The monoisotopic (exact) mass is 312 g/mol. The Morgan fingerprint density at radius 3 is 2.76 bits per heavy atom. The predicted molar refractivity (Wildman–Crippen MR) is 81.4 cm³/mol. The van der Waals surface area contributed by atoms with Crippen molar-refractivity contribution in [2.24, 2.45) is 0 Å². The van der Waals surface area contributed by atoms with Crippen LogP contribution in [0.4, 0.5) is 5.69 Å². The second kappa shape index (κ2) is 6.34. The van der Waals surface area contributed by atoms with Crippen LogP contribution in [0.5, 0.6) is 5.75 Å². The number of nitrogens with one attached hydrogen (secondary N) is 2. The van der Waals surface area contributed by atoms with Crippen LogP contribution in [0.2, 0.25) is 0 Å². The summed E-state index contributed by atoms with van der Waals surface area (Å²) in [5, 5.41) is 5.78. The van der Waals surface area contributed by atoms with Crippen molar-refractivity contribution in [1.82, 2.24) is 5.32 Å². The zero-order chi connectivity index (χ0) is 15.5. The van der Waals surface area contributed by atoms with E-state index in [9.17, 15) is 13.2 Å². The number of methoxy groups -OCH3 is 1. The molecule has 1 aliphatic rings. The first-order valence-corrected chi connectivity index (χ1v) is 8.60. The Kier molecular flexibility index (Phi) is 4.72. The third kappa shape index (κ3) is 4.35. The number of hydrogen-bond donors (Lipinski definition) is 2. The molecule has 6 nitrogen and oxygen atoms in total. The molecule has 1 unspecified atom stereocenters. The molecule has 0 saturated carbocycles. The van der Waals surface area contributed by atoms with Crippen molar-refractivity contribution < 1.29 is 17.9 Å². The fourth-order valence-corrected chi connectivity index (χ4v) is 4.00. The predicted octanol–water partition coefficient (Wildman–Crippen LogP) is 0.719. The number of carbonyl (C=O) groups excluding carboxylic acids is 1. The highest BCUT2D eigenvalue weighted by Gasteiger charge is 2.28. The molecular weight excluding hydrogens is 292 g/mol. The molecule has 1 heterocycles. The lowest BCUT2D eigenvalue weighted by Crippen LogP contribution is -2.39. The molecule has 0 aliphatic carbocycles. The molecule has 0 aromatic heterocycles. The molecule has 21 heavy (non-hydrogen) atoms. The third-order valence-corrected chi connectivity index (χ3v) is 5.24. The number of aryl methyl sites for hydroxylation is 1. The molecule has 0 radical (unpaired) electrons. The summed E-state index contributed by atoms with van der Waals surface area (Å²) < 4.78 is 27.8. The number of hydrogen-bond acceptors (Lipinski definition) is 5. The minimum absolute atomic E-state index is 0.0420. The maximum Gasteiger partial charge on any atom is 0.239 e. The van der Waals surface area contributed by atoms with Crippen molar-refractivity contribution >= 4 is 21.4 Å². The molecule has 0 bridgehead atoms. The summed E-state index contributed by atoms with van der Waals surface area (Å²) in [6.07, 6.45) is 0.496. The van der Waals surface area contributed by atoms with E-state index in [1.807, 2.05) is 25.1 Å². The number of amides is 1. The van der Waals surface area contributed by atoms with Crippen molar-refractivity contribution in [2.75, 3.05) is 30.5 Å². The molecule has 1 amide bonds. The van der Waals surface area contributed by atoms with E-state index in [1.165, 1.54) is 0 Å². The fourth-order valence-electron chi connectivity index (χ4n) is 2.32. The van der Waals surface area contributed by atoms with E-state index in [1.54, 1.807) is 7.11 Å².